The zero-order valence-electron chi connectivity index (χ0n) is 14.4. The third-order valence-electron chi connectivity index (χ3n) is 3.41. The van der Waals surface area contributed by atoms with Gasteiger partial charge in [-0.1, -0.05) is 0 Å². The Labute approximate surface area is 161 Å². The Balaban J connectivity index is 2.05. The van der Waals surface area contributed by atoms with Crippen molar-refractivity contribution in [1.82, 2.24) is 9.97 Å². The summed E-state index contributed by atoms with van der Waals surface area (Å²) in [4.78, 5) is 52.8. The number of rotatable bonds is 9. The topological polar surface area (TPSA) is 244 Å². The van der Waals surface area contributed by atoms with Gasteiger partial charge in [0.25, 0.3) is 5.56 Å². The summed E-state index contributed by atoms with van der Waals surface area (Å²) >= 11 is 0. The Kier molecular flexibility index (Phi) is 7.69. The molecule has 2 heterocycles. The molecule has 6 N–H and O–H groups in total. The number of methoxy groups -OCH3 is 1. The van der Waals surface area contributed by atoms with E-state index in [2.05, 4.69) is 23.1 Å². The van der Waals surface area contributed by atoms with E-state index in [9.17, 15) is 28.5 Å². The van der Waals surface area contributed by atoms with Crippen LogP contribution in [0.25, 0.3) is 0 Å². The third kappa shape index (κ3) is 7.12. The second kappa shape index (κ2) is 9.12. The van der Waals surface area contributed by atoms with Crippen LogP contribution < -0.4 is 5.56 Å². The highest BCUT2D eigenvalue weighted by atomic mass is 31.3. The minimum atomic E-state index is -5.67. The average Bonchev–Trinajstić information content (AvgIpc) is 2.86. The van der Waals surface area contributed by atoms with E-state index in [1.807, 2.05) is 0 Å². The van der Waals surface area contributed by atoms with E-state index in [4.69, 9.17) is 24.2 Å². The van der Waals surface area contributed by atoms with Crippen LogP contribution >= 0.6 is 23.5 Å². The quantitative estimate of drug-likeness (QED) is 0.229. The van der Waals surface area contributed by atoms with Crippen LogP contribution in [0.5, 0.6) is 0 Å². The highest BCUT2D eigenvalue weighted by molar-refractivity contribution is 7.66. The van der Waals surface area contributed by atoms with Gasteiger partial charge in [-0.15, -0.1) is 0 Å². The monoisotopic (exact) mass is 482 g/mol. The van der Waals surface area contributed by atoms with Gasteiger partial charge in [0.1, 0.15) is 24.4 Å². The number of hydrogen-bond donors (Lipinski definition) is 6. The van der Waals surface area contributed by atoms with Crippen LogP contribution in [0.15, 0.2) is 17.2 Å². The summed E-state index contributed by atoms with van der Waals surface area (Å²) in [6.07, 6.45) is -2.62. The lowest BCUT2D eigenvalue weighted by atomic mass is 10.1. The number of aromatic nitrogens is 2. The van der Waals surface area contributed by atoms with E-state index in [1.54, 1.807) is 0 Å². The fourth-order valence-corrected chi connectivity index (χ4v) is 5.38. The first-order valence-corrected chi connectivity index (χ1v) is 11.9. The molecule has 1 fully saturated rings. The van der Waals surface area contributed by atoms with Gasteiger partial charge in [0, 0.05) is 13.3 Å². The van der Waals surface area contributed by atoms with Gasteiger partial charge in [-0.2, -0.15) is 8.62 Å². The molecule has 19 heteroatoms. The van der Waals surface area contributed by atoms with Gasteiger partial charge in [0.2, 0.25) is 0 Å². The van der Waals surface area contributed by atoms with E-state index < -0.39 is 60.1 Å². The van der Waals surface area contributed by atoms with Crippen molar-refractivity contribution in [2.75, 3.05) is 13.7 Å². The van der Waals surface area contributed by atoms with Crippen LogP contribution in [0.1, 0.15) is 11.8 Å². The molecule has 1 aliphatic rings. The number of aliphatic hydroxyl groups is 1. The van der Waals surface area contributed by atoms with Gasteiger partial charge >= 0.3 is 23.5 Å². The Morgan fingerprint density at radius 2 is 1.83 bits per heavy atom. The minimum Gasteiger partial charge on any atom is -0.387 e. The number of H-pyrrole nitrogens is 1. The lowest BCUT2D eigenvalue weighted by molar-refractivity contribution is -0.0246. The first-order chi connectivity index (χ1) is 13.2. The van der Waals surface area contributed by atoms with E-state index in [0.717, 1.165) is 6.20 Å². The summed E-state index contributed by atoms with van der Waals surface area (Å²) in [6, 6.07) is 0. The van der Waals surface area contributed by atoms with Crippen molar-refractivity contribution < 1.29 is 61.0 Å². The molecule has 0 saturated carbocycles. The molecule has 1 aliphatic heterocycles. The van der Waals surface area contributed by atoms with Gasteiger partial charge in [0.15, 0.2) is 0 Å². The Morgan fingerprint density at radius 3 is 2.34 bits per heavy atom. The number of nitrogens with one attached hydrogen (secondary N) is 1. The van der Waals surface area contributed by atoms with Crippen LogP contribution in [-0.4, -0.2) is 66.7 Å². The normalized spacial score (nSPS) is 29.3. The molecule has 16 nitrogen and oxygen atoms in total. The lowest BCUT2D eigenvalue weighted by Gasteiger charge is -2.19. The number of phosphoric acid groups is 3. The van der Waals surface area contributed by atoms with Crippen LogP contribution in [0.3, 0.4) is 0 Å². The van der Waals surface area contributed by atoms with Gasteiger partial charge in [-0.3, -0.25) is 14.3 Å². The standard InChI is InChI=1S/C10H17N2O14P3/c1-22-10-8(14)6(24-9(10)5-2-12-7(13)3-11-5)4-23-28(18,19)26-29(20,21)25-27(15,16)17/h2-3,6,8-10,14H,4H2,1H3,(H,12,13)(H,18,19)(H,20,21)(H2,15,16,17)/t6-,8?,9+,10+/m1/s1. The predicted molar refractivity (Wildman–Crippen MR) is 89.1 cm³/mol. The molecule has 0 bridgehead atoms. The highest BCUT2D eigenvalue weighted by Gasteiger charge is 2.47. The summed E-state index contributed by atoms with van der Waals surface area (Å²) in [5.74, 6) is 0. The van der Waals surface area contributed by atoms with Crippen molar-refractivity contribution in [3.63, 3.8) is 0 Å². The molecule has 0 aliphatic carbocycles. The van der Waals surface area contributed by atoms with Gasteiger partial charge in [-0.25, -0.2) is 13.7 Å². The maximum absolute atomic E-state index is 11.7. The maximum Gasteiger partial charge on any atom is 0.490 e. The minimum absolute atomic E-state index is 0.163. The van der Waals surface area contributed by atoms with Crippen molar-refractivity contribution in [3.05, 3.63) is 28.4 Å². The molecule has 2 rings (SSSR count). The molecule has 0 aromatic carbocycles. The second-order valence-electron chi connectivity index (χ2n) is 5.51. The fourth-order valence-electron chi connectivity index (χ4n) is 2.36. The number of aliphatic hydroxyl groups excluding tert-OH is 1. The number of hydrogen-bond acceptors (Lipinski definition) is 11. The molecule has 1 saturated heterocycles. The number of nitrogens with zero attached hydrogens (tertiary/aromatic N) is 1. The third-order valence-corrected chi connectivity index (χ3v) is 7.21. The highest BCUT2D eigenvalue weighted by Crippen LogP contribution is 2.66. The van der Waals surface area contributed by atoms with Crippen molar-refractivity contribution in [3.8, 4) is 0 Å². The molecule has 1 aromatic rings. The van der Waals surface area contributed by atoms with E-state index in [0.29, 0.717) is 0 Å². The first-order valence-electron chi connectivity index (χ1n) is 7.42. The first kappa shape index (κ1) is 24.4. The zero-order chi connectivity index (χ0) is 22.0. The van der Waals surface area contributed by atoms with Crippen molar-refractivity contribution in [2.45, 2.75) is 24.4 Å². The Morgan fingerprint density at radius 1 is 1.17 bits per heavy atom. The molecule has 6 atom stereocenters. The molecule has 0 amide bonds. The molecule has 166 valence electrons. The predicted octanol–water partition coefficient (Wildman–Crippen LogP) is -1.07. The smallest absolute Gasteiger partial charge is 0.387 e. The summed E-state index contributed by atoms with van der Waals surface area (Å²) in [7, 11) is -15.3. The van der Waals surface area contributed by atoms with Crippen LogP contribution in [-0.2, 0) is 36.3 Å². The molecular formula is C10H17N2O14P3. The van der Waals surface area contributed by atoms with Crippen molar-refractivity contribution in [1.29, 1.82) is 0 Å². The van der Waals surface area contributed by atoms with E-state index in [-0.39, 0.29) is 5.69 Å². The SMILES string of the molecule is CO[C@H]1C(O)[C@@H](COP(=O)(O)OP(=O)(O)OP(=O)(O)O)O[C@H]1c1c[nH]c(=O)cn1. The lowest BCUT2D eigenvalue weighted by Crippen LogP contribution is -2.34. The van der Waals surface area contributed by atoms with Gasteiger partial charge in [-0.05, 0) is 0 Å². The summed E-state index contributed by atoms with van der Waals surface area (Å²) in [5, 5.41) is 10.2. The van der Waals surface area contributed by atoms with Crippen molar-refractivity contribution >= 4 is 23.5 Å². The molecular weight excluding hydrogens is 465 g/mol. The summed E-state index contributed by atoms with van der Waals surface area (Å²) in [6.45, 7) is -0.870. The molecule has 1 aromatic heterocycles. The summed E-state index contributed by atoms with van der Waals surface area (Å²) in [5.41, 5.74) is -0.332. The van der Waals surface area contributed by atoms with E-state index in [1.165, 1.54) is 13.3 Å². The molecule has 0 radical (unpaired) electrons. The Bertz CT molecular complexity index is 895. The molecule has 29 heavy (non-hydrogen) atoms. The van der Waals surface area contributed by atoms with Gasteiger partial charge < -0.3 is 39.1 Å². The number of ether oxygens (including phenoxy) is 2. The fraction of sp³-hybridized carbons (Fsp3) is 0.600. The summed E-state index contributed by atoms with van der Waals surface area (Å²) < 4.78 is 55.7. The molecule has 3 unspecified atom stereocenters. The number of aromatic amines is 1. The second-order valence-corrected chi connectivity index (χ2v) is 9.93. The molecule has 0 spiro atoms. The average molecular weight is 482 g/mol. The van der Waals surface area contributed by atoms with Crippen LogP contribution in [0.4, 0.5) is 0 Å². The van der Waals surface area contributed by atoms with Crippen molar-refractivity contribution in [2.24, 2.45) is 0 Å². The van der Waals surface area contributed by atoms with Gasteiger partial charge in [0.05, 0.1) is 18.5 Å². The van der Waals surface area contributed by atoms with E-state index >= 15 is 0 Å². The maximum atomic E-state index is 11.7. The number of phosphoric ester groups is 1. The largest absolute Gasteiger partial charge is 0.490 e. The van der Waals surface area contributed by atoms with Crippen LogP contribution in [0.2, 0.25) is 0 Å². The van der Waals surface area contributed by atoms with Crippen LogP contribution in [0, 0.1) is 0 Å². The Hall–Kier alpha value is -0.830. The zero-order valence-corrected chi connectivity index (χ0v) is 17.1.